The van der Waals surface area contributed by atoms with Crippen molar-refractivity contribution in [3.05, 3.63) is 35.8 Å². The van der Waals surface area contributed by atoms with Crippen LogP contribution < -0.4 is 11.1 Å². The van der Waals surface area contributed by atoms with E-state index in [1.165, 1.54) is 30.5 Å². The van der Waals surface area contributed by atoms with Crippen molar-refractivity contribution in [3.8, 4) is 10.6 Å². The Labute approximate surface area is 117 Å². The van der Waals surface area contributed by atoms with E-state index in [2.05, 4.69) is 34.6 Å². The summed E-state index contributed by atoms with van der Waals surface area (Å²) in [4.78, 5) is 4.36. The van der Waals surface area contributed by atoms with E-state index in [1.807, 2.05) is 11.6 Å². The van der Waals surface area contributed by atoms with Gasteiger partial charge in [-0.1, -0.05) is 18.6 Å². The molecule has 1 aromatic carbocycles. The first-order chi connectivity index (χ1) is 9.36. The summed E-state index contributed by atoms with van der Waals surface area (Å²) in [5.41, 5.74) is 8.20. The number of rotatable bonds is 4. The van der Waals surface area contributed by atoms with Gasteiger partial charge in [-0.3, -0.25) is 0 Å². The van der Waals surface area contributed by atoms with Gasteiger partial charge >= 0.3 is 0 Å². The minimum Gasteiger partial charge on any atom is -0.382 e. The average Bonchev–Trinajstić information content (AvgIpc) is 3.10. The summed E-state index contributed by atoms with van der Waals surface area (Å²) >= 11 is 1.67. The molecule has 3 nitrogen and oxygen atoms in total. The van der Waals surface area contributed by atoms with E-state index in [-0.39, 0.29) is 0 Å². The predicted molar refractivity (Wildman–Crippen MR) is 81.4 cm³/mol. The van der Waals surface area contributed by atoms with Crippen LogP contribution in [0, 0.1) is 5.92 Å². The van der Waals surface area contributed by atoms with Crippen LogP contribution in [0.1, 0.15) is 19.3 Å². The van der Waals surface area contributed by atoms with Crippen LogP contribution in [0.5, 0.6) is 0 Å². The first-order valence-electron chi connectivity index (χ1n) is 6.83. The summed E-state index contributed by atoms with van der Waals surface area (Å²) in [7, 11) is 0. The lowest BCUT2D eigenvalue weighted by molar-refractivity contribution is 0.516. The van der Waals surface area contributed by atoms with Crippen molar-refractivity contribution in [2.45, 2.75) is 25.3 Å². The lowest BCUT2D eigenvalue weighted by atomic mass is 10.0. The number of nitrogens with one attached hydrogen (secondary N) is 1. The fraction of sp³-hybridized carbons (Fsp3) is 0.400. The van der Waals surface area contributed by atoms with E-state index in [0.29, 0.717) is 12.0 Å². The molecule has 0 aliphatic heterocycles. The fourth-order valence-electron chi connectivity index (χ4n) is 2.83. The SMILES string of the molecule is NCC1CCCC1Nc1cccc(-c2nccs2)c1. The highest BCUT2D eigenvalue weighted by Gasteiger charge is 2.25. The Kier molecular flexibility index (Phi) is 3.80. The zero-order valence-corrected chi connectivity index (χ0v) is 11.7. The monoisotopic (exact) mass is 273 g/mol. The molecule has 2 aromatic rings. The second-order valence-electron chi connectivity index (χ2n) is 5.10. The van der Waals surface area contributed by atoms with E-state index in [9.17, 15) is 0 Å². The van der Waals surface area contributed by atoms with Crippen LogP contribution in [0.25, 0.3) is 10.6 Å². The first-order valence-corrected chi connectivity index (χ1v) is 7.71. The molecule has 1 heterocycles. The van der Waals surface area contributed by atoms with Crippen molar-refractivity contribution in [2.75, 3.05) is 11.9 Å². The molecule has 2 unspecified atom stereocenters. The number of benzene rings is 1. The normalized spacial score (nSPS) is 22.6. The predicted octanol–water partition coefficient (Wildman–Crippen LogP) is 3.35. The number of thiazole rings is 1. The Bertz CT molecular complexity index is 524. The number of hydrogen-bond donors (Lipinski definition) is 2. The molecule has 1 aromatic heterocycles. The van der Waals surface area contributed by atoms with Gasteiger partial charge in [0.1, 0.15) is 5.01 Å². The van der Waals surface area contributed by atoms with E-state index >= 15 is 0 Å². The molecule has 0 radical (unpaired) electrons. The molecular weight excluding hydrogens is 254 g/mol. The molecule has 1 aliphatic carbocycles. The van der Waals surface area contributed by atoms with E-state index < -0.39 is 0 Å². The topological polar surface area (TPSA) is 50.9 Å². The molecule has 100 valence electrons. The third kappa shape index (κ3) is 2.80. The lowest BCUT2D eigenvalue weighted by Gasteiger charge is -2.21. The molecule has 0 amide bonds. The highest BCUT2D eigenvalue weighted by atomic mass is 32.1. The van der Waals surface area contributed by atoms with Gasteiger partial charge in [0.2, 0.25) is 0 Å². The van der Waals surface area contributed by atoms with Gasteiger partial charge in [0, 0.05) is 28.9 Å². The van der Waals surface area contributed by atoms with Crippen molar-refractivity contribution in [1.29, 1.82) is 0 Å². The van der Waals surface area contributed by atoms with Gasteiger partial charge in [-0.15, -0.1) is 11.3 Å². The summed E-state index contributed by atoms with van der Waals surface area (Å²) in [5.74, 6) is 0.614. The Balaban J connectivity index is 1.76. The molecule has 0 spiro atoms. The second kappa shape index (κ2) is 5.72. The van der Waals surface area contributed by atoms with Gasteiger partial charge in [-0.05, 0) is 37.4 Å². The summed E-state index contributed by atoms with van der Waals surface area (Å²) in [6.45, 7) is 0.782. The zero-order chi connectivity index (χ0) is 13.1. The van der Waals surface area contributed by atoms with Gasteiger partial charge in [0.15, 0.2) is 0 Å². The standard InChI is InChI=1S/C15H19N3S/c16-10-12-4-2-6-14(12)18-13-5-1-3-11(9-13)15-17-7-8-19-15/h1,3,5,7-9,12,14,18H,2,4,6,10,16H2. The molecule has 19 heavy (non-hydrogen) atoms. The zero-order valence-electron chi connectivity index (χ0n) is 10.9. The Morgan fingerprint density at radius 2 is 2.32 bits per heavy atom. The second-order valence-corrected chi connectivity index (χ2v) is 5.99. The minimum atomic E-state index is 0.525. The first kappa shape index (κ1) is 12.6. The van der Waals surface area contributed by atoms with E-state index in [4.69, 9.17) is 5.73 Å². The van der Waals surface area contributed by atoms with Crippen LogP contribution in [-0.4, -0.2) is 17.6 Å². The molecule has 0 saturated heterocycles. The maximum Gasteiger partial charge on any atom is 0.123 e. The molecule has 2 atom stereocenters. The number of aromatic nitrogens is 1. The number of nitrogens with two attached hydrogens (primary N) is 1. The molecule has 3 N–H and O–H groups in total. The van der Waals surface area contributed by atoms with Crippen LogP contribution in [-0.2, 0) is 0 Å². The van der Waals surface area contributed by atoms with Crippen molar-refractivity contribution in [3.63, 3.8) is 0 Å². The molecule has 4 heteroatoms. The van der Waals surface area contributed by atoms with Crippen LogP contribution >= 0.6 is 11.3 Å². The molecule has 3 rings (SSSR count). The Morgan fingerprint density at radius 1 is 1.37 bits per heavy atom. The van der Waals surface area contributed by atoms with Crippen molar-refractivity contribution in [1.82, 2.24) is 4.98 Å². The Morgan fingerprint density at radius 3 is 3.11 bits per heavy atom. The summed E-state index contributed by atoms with van der Waals surface area (Å²) in [5, 5.41) is 6.73. The lowest BCUT2D eigenvalue weighted by Crippen LogP contribution is -2.29. The van der Waals surface area contributed by atoms with Crippen LogP contribution in [0.2, 0.25) is 0 Å². The number of hydrogen-bond acceptors (Lipinski definition) is 4. The average molecular weight is 273 g/mol. The van der Waals surface area contributed by atoms with Gasteiger partial charge in [0.05, 0.1) is 0 Å². The van der Waals surface area contributed by atoms with Gasteiger partial charge in [-0.2, -0.15) is 0 Å². The summed E-state index contributed by atoms with van der Waals surface area (Å²) in [6.07, 6.45) is 5.61. The molecule has 1 fully saturated rings. The van der Waals surface area contributed by atoms with Crippen molar-refractivity contribution in [2.24, 2.45) is 11.7 Å². The third-order valence-corrected chi connectivity index (χ3v) is 4.68. The highest BCUT2D eigenvalue weighted by Crippen LogP contribution is 2.30. The van der Waals surface area contributed by atoms with Crippen molar-refractivity contribution >= 4 is 17.0 Å². The van der Waals surface area contributed by atoms with E-state index in [0.717, 1.165) is 11.6 Å². The summed E-state index contributed by atoms with van der Waals surface area (Å²) in [6, 6.07) is 9.04. The Hall–Kier alpha value is -1.39. The molecule has 0 bridgehead atoms. The highest BCUT2D eigenvalue weighted by molar-refractivity contribution is 7.13. The van der Waals surface area contributed by atoms with Gasteiger partial charge in [-0.25, -0.2) is 4.98 Å². The van der Waals surface area contributed by atoms with E-state index in [1.54, 1.807) is 11.3 Å². The fourth-order valence-corrected chi connectivity index (χ4v) is 3.47. The van der Waals surface area contributed by atoms with Crippen LogP contribution in [0.15, 0.2) is 35.8 Å². The number of anilines is 1. The molecular formula is C15H19N3S. The maximum absolute atomic E-state index is 5.84. The maximum atomic E-state index is 5.84. The molecule has 1 aliphatic rings. The van der Waals surface area contributed by atoms with Gasteiger partial charge in [0.25, 0.3) is 0 Å². The smallest absolute Gasteiger partial charge is 0.123 e. The third-order valence-electron chi connectivity index (χ3n) is 3.86. The largest absolute Gasteiger partial charge is 0.382 e. The molecule has 1 saturated carbocycles. The number of nitrogens with zero attached hydrogens (tertiary/aromatic N) is 1. The summed E-state index contributed by atoms with van der Waals surface area (Å²) < 4.78 is 0. The van der Waals surface area contributed by atoms with Gasteiger partial charge < -0.3 is 11.1 Å². The minimum absolute atomic E-state index is 0.525. The van der Waals surface area contributed by atoms with Crippen LogP contribution in [0.4, 0.5) is 5.69 Å². The van der Waals surface area contributed by atoms with Crippen LogP contribution in [0.3, 0.4) is 0 Å². The quantitative estimate of drug-likeness (QED) is 0.898. The van der Waals surface area contributed by atoms with Crippen molar-refractivity contribution < 1.29 is 0 Å².